The summed E-state index contributed by atoms with van der Waals surface area (Å²) in [5.41, 5.74) is 2.11. The number of rotatable bonds is 4. The predicted octanol–water partition coefficient (Wildman–Crippen LogP) is 2.99. The van der Waals surface area contributed by atoms with E-state index in [4.69, 9.17) is 0 Å². The first-order valence-corrected chi connectivity index (χ1v) is 5.85. The molecule has 2 rings (SSSR count). The zero-order valence-electron chi connectivity index (χ0n) is 10.5. The van der Waals surface area contributed by atoms with Gasteiger partial charge in [0, 0.05) is 25.1 Å². The van der Waals surface area contributed by atoms with E-state index in [2.05, 4.69) is 39.8 Å². The van der Waals surface area contributed by atoms with Gasteiger partial charge in [0.05, 0.1) is 11.9 Å². The van der Waals surface area contributed by atoms with Crippen LogP contribution < -0.4 is 5.32 Å². The van der Waals surface area contributed by atoms with Gasteiger partial charge in [0.15, 0.2) is 0 Å². The molecule has 0 atom stereocenters. The Hall–Kier alpha value is -1.84. The van der Waals surface area contributed by atoms with E-state index < -0.39 is 0 Å². The average Bonchev–Trinajstić information content (AvgIpc) is 2.65. The molecule has 0 aliphatic rings. The lowest BCUT2D eigenvalue weighted by Gasteiger charge is -2.11. The molecule has 0 amide bonds. The third-order valence-electron chi connectivity index (χ3n) is 2.41. The standard InChI is InChI=1S/C13H18N4/c1-10(2)9-17-5-4-15-13(17)16-12-6-11(3)7-14-8-12/h4-8,10H,9H2,1-3H3,(H,15,16). The molecule has 4 nitrogen and oxygen atoms in total. The molecule has 0 aromatic carbocycles. The predicted molar refractivity (Wildman–Crippen MR) is 69.3 cm³/mol. The SMILES string of the molecule is Cc1cncc(Nc2nccn2CC(C)C)c1. The van der Waals surface area contributed by atoms with Crippen LogP contribution >= 0.6 is 0 Å². The van der Waals surface area contributed by atoms with Crippen LogP contribution in [0.3, 0.4) is 0 Å². The van der Waals surface area contributed by atoms with Gasteiger partial charge in [-0.1, -0.05) is 13.8 Å². The van der Waals surface area contributed by atoms with Crippen molar-refractivity contribution in [2.75, 3.05) is 5.32 Å². The third-order valence-corrected chi connectivity index (χ3v) is 2.41. The van der Waals surface area contributed by atoms with Gasteiger partial charge in [0.25, 0.3) is 0 Å². The summed E-state index contributed by atoms with van der Waals surface area (Å²) in [6.45, 7) is 7.37. The van der Waals surface area contributed by atoms with E-state index in [1.165, 1.54) is 0 Å². The Kier molecular flexibility index (Phi) is 3.42. The molecule has 2 aromatic heterocycles. The van der Waals surface area contributed by atoms with Gasteiger partial charge in [-0.25, -0.2) is 4.98 Å². The molecule has 2 aromatic rings. The number of anilines is 2. The number of hydrogen-bond donors (Lipinski definition) is 1. The van der Waals surface area contributed by atoms with Gasteiger partial charge in [0.2, 0.25) is 5.95 Å². The van der Waals surface area contributed by atoms with Crippen LogP contribution in [0.4, 0.5) is 11.6 Å². The van der Waals surface area contributed by atoms with Crippen LogP contribution in [0.5, 0.6) is 0 Å². The molecule has 0 aliphatic carbocycles. The normalized spacial score (nSPS) is 10.8. The molecular formula is C13H18N4. The van der Waals surface area contributed by atoms with Crippen molar-refractivity contribution < 1.29 is 0 Å². The van der Waals surface area contributed by atoms with Crippen molar-refractivity contribution in [1.29, 1.82) is 0 Å². The molecule has 0 aliphatic heterocycles. The van der Waals surface area contributed by atoms with Crippen LogP contribution in [0.25, 0.3) is 0 Å². The van der Waals surface area contributed by atoms with E-state index in [1.807, 2.05) is 25.5 Å². The molecule has 90 valence electrons. The van der Waals surface area contributed by atoms with Crippen molar-refractivity contribution in [3.8, 4) is 0 Å². The van der Waals surface area contributed by atoms with E-state index in [0.717, 1.165) is 23.7 Å². The quantitative estimate of drug-likeness (QED) is 0.878. The summed E-state index contributed by atoms with van der Waals surface area (Å²) in [6.07, 6.45) is 7.45. The van der Waals surface area contributed by atoms with Gasteiger partial charge >= 0.3 is 0 Å². The molecule has 2 heterocycles. The number of pyridine rings is 1. The Morgan fingerprint density at radius 1 is 1.35 bits per heavy atom. The lowest BCUT2D eigenvalue weighted by molar-refractivity contribution is 0.527. The van der Waals surface area contributed by atoms with Gasteiger partial charge < -0.3 is 9.88 Å². The fraction of sp³-hybridized carbons (Fsp3) is 0.385. The number of imidazole rings is 1. The number of aromatic nitrogens is 3. The number of aryl methyl sites for hydroxylation is 1. The Morgan fingerprint density at radius 2 is 2.18 bits per heavy atom. The molecule has 1 N–H and O–H groups in total. The van der Waals surface area contributed by atoms with E-state index in [9.17, 15) is 0 Å². The monoisotopic (exact) mass is 230 g/mol. The van der Waals surface area contributed by atoms with Gasteiger partial charge in [-0.15, -0.1) is 0 Å². The first-order chi connectivity index (χ1) is 8.15. The lowest BCUT2D eigenvalue weighted by atomic mass is 10.2. The summed E-state index contributed by atoms with van der Waals surface area (Å²) in [4.78, 5) is 8.47. The number of hydrogen-bond acceptors (Lipinski definition) is 3. The number of nitrogens with one attached hydrogen (secondary N) is 1. The fourth-order valence-corrected chi connectivity index (χ4v) is 1.73. The average molecular weight is 230 g/mol. The Bertz CT molecular complexity index is 488. The Labute approximate surface area is 102 Å². The Balaban J connectivity index is 2.16. The second-order valence-corrected chi connectivity index (χ2v) is 4.67. The third kappa shape index (κ3) is 3.06. The highest BCUT2D eigenvalue weighted by Gasteiger charge is 2.04. The zero-order chi connectivity index (χ0) is 12.3. The van der Waals surface area contributed by atoms with Gasteiger partial charge in [0.1, 0.15) is 0 Å². The van der Waals surface area contributed by atoms with Crippen molar-refractivity contribution in [2.24, 2.45) is 5.92 Å². The minimum atomic E-state index is 0.598. The van der Waals surface area contributed by atoms with Crippen LogP contribution in [0.1, 0.15) is 19.4 Å². The molecule has 0 spiro atoms. The first kappa shape index (κ1) is 11.6. The van der Waals surface area contributed by atoms with E-state index in [1.54, 1.807) is 6.20 Å². The highest BCUT2D eigenvalue weighted by atomic mass is 15.2. The second-order valence-electron chi connectivity index (χ2n) is 4.67. The van der Waals surface area contributed by atoms with Crippen LogP contribution in [-0.4, -0.2) is 14.5 Å². The zero-order valence-corrected chi connectivity index (χ0v) is 10.5. The summed E-state index contributed by atoms with van der Waals surface area (Å²) < 4.78 is 2.12. The van der Waals surface area contributed by atoms with E-state index in [-0.39, 0.29) is 0 Å². The van der Waals surface area contributed by atoms with Gasteiger partial charge in [-0.05, 0) is 24.5 Å². The molecule has 17 heavy (non-hydrogen) atoms. The summed E-state index contributed by atoms with van der Waals surface area (Å²) in [6, 6.07) is 2.06. The minimum absolute atomic E-state index is 0.598. The molecule has 0 saturated heterocycles. The maximum atomic E-state index is 4.32. The highest BCUT2D eigenvalue weighted by Crippen LogP contribution is 2.15. The fourth-order valence-electron chi connectivity index (χ4n) is 1.73. The summed E-state index contributed by atoms with van der Waals surface area (Å²) in [7, 11) is 0. The van der Waals surface area contributed by atoms with Crippen molar-refractivity contribution in [3.05, 3.63) is 36.4 Å². The molecular weight excluding hydrogens is 212 g/mol. The van der Waals surface area contributed by atoms with Crippen molar-refractivity contribution in [3.63, 3.8) is 0 Å². The van der Waals surface area contributed by atoms with E-state index >= 15 is 0 Å². The summed E-state index contributed by atoms with van der Waals surface area (Å²) >= 11 is 0. The molecule has 0 saturated carbocycles. The van der Waals surface area contributed by atoms with E-state index in [0.29, 0.717) is 5.92 Å². The lowest BCUT2D eigenvalue weighted by Crippen LogP contribution is -2.07. The molecule has 0 radical (unpaired) electrons. The van der Waals surface area contributed by atoms with Crippen molar-refractivity contribution >= 4 is 11.6 Å². The Morgan fingerprint density at radius 3 is 2.88 bits per heavy atom. The molecule has 4 heteroatoms. The van der Waals surface area contributed by atoms with Gasteiger partial charge in [-0.2, -0.15) is 0 Å². The maximum absolute atomic E-state index is 4.32. The van der Waals surface area contributed by atoms with Gasteiger partial charge in [-0.3, -0.25) is 4.98 Å². The largest absolute Gasteiger partial charge is 0.324 e. The smallest absolute Gasteiger partial charge is 0.207 e. The van der Waals surface area contributed by atoms with Crippen LogP contribution in [0.15, 0.2) is 30.9 Å². The topological polar surface area (TPSA) is 42.7 Å². The van der Waals surface area contributed by atoms with Crippen molar-refractivity contribution in [2.45, 2.75) is 27.3 Å². The first-order valence-electron chi connectivity index (χ1n) is 5.85. The molecule has 0 fully saturated rings. The van der Waals surface area contributed by atoms with Crippen LogP contribution in [0, 0.1) is 12.8 Å². The summed E-state index contributed by atoms with van der Waals surface area (Å²) in [5, 5.41) is 3.29. The highest BCUT2D eigenvalue weighted by molar-refractivity contribution is 5.52. The second kappa shape index (κ2) is 4.99. The number of nitrogens with zero attached hydrogens (tertiary/aromatic N) is 3. The van der Waals surface area contributed by atoms with Crippen LogP contribution in [-0.2, 0) is 6.54 Å². The maximum Gasteiger partial charge on any atom is 0.207 e. The van der Waals surface area contributed by atoms with Crippen LogP contribution in [0.2, 0.25) is 0 Å². The van der Waals surface area contributed by atoms with Crippen molar-refractivity contribution in [1.82, 2.24) is 14.5 Å². The summed E-state index contributed by atoms with van der Waals surface area (Å²) in [5.74, 6) is 1.46. The molecule has 0 bridgehead atoms. The minimum Gasteiger partial charge on any atom is -0.324 e. The molecule has 0 unspecified atom stereocenters.